The zero-order valence-electron chi connectivity index (χ0n) is 12.2. The Kier molecular flexibility index (Phi) is 8.54. The van der Waals surface area contributed by atoms with Crippen LogP contribution in [0.15, 0.2) is 0 Å². The zero-order valence-corrected chi connectivity index (χ0v) is 12.2. The van der Waals surface area contributed by atoms with Crippen molar-refractivity contribution in [3.63, 3.8) is 0 Å². The first-order valence-corrected chi connectivity index (χ1v) is 7.11. The molecule has 0 amide bonds. The van der Waals surface area contributed by atoms with Gasteiger partial charge in [-0.05, 0) is 20.9 Å². The second kappa shape index (κ2) is 9.69. The van der Waals surface area contributed by atoms with E-state index in [4.69, 9.17) is 9.47 Å². The molecule has 0 atom stereocenters. The number of hydrogen-bond acceptors (Lipinski definition) is 5. The molecule has 0 aromatic carbocycles. The fourth-order valence-corrected chi connectivity index (χ4v) is 2.12. The summed E-state index contributed by atoms with van der Waals surface area (Å²) in [5.74, 6) is 0. The van der Waals surface area contributed by atoms with E-state index >= 15 is 0 Å². The lowest BCUT2D eigenvalue weighted by atomic mass is 10.3. The first kappa shape index (κ1) is 15.9. The fourth-order valence-electron chi connectivity index (χ4n) is 2.12. The van der Waals surface area contributed by atoms with Crippen LogP contribution < -0.4 is 5.32 Å². The predicted octanol–water partition coefficient (Wildman–Crippen LogP) is 0.223. The monoisotopic (exact) mass is 259 g/mol. The minimum atomic E-state index is -0.0898. The van der Waals surface area contributed by atoms with Crippen molar-refractivity contribution in [2.24, 2.45) is 0 Å². The maximum absolute atomic E-state index is 5.56. The van der Waals surface area contributed by atoms with Crippen LogP contribution in [-0.4, -0.2) is 82.2 Å². The van der Waals surface area contributed by atoms with Crippen LogP contribution in [0.25, 0.3) is 0 Å². The van der Waals surface area contributed by atoms with E-state index in [1.165, 1.54) is 0 Å². The molecule has 1 rings (SSSR count). The minimum Gasteiger partial charge on any atom is -0.352 e. The van der Waals surface area contributed by atoms with Crippen LogP contribution in [0.5, 0.6) is 0 Å². The molecule has 0 saturated carbocycles. The lowest BCUT2D eigenvalue weighted by molar-refractivity contribution is -0.145. The van der Waals surface area contributed by atoms with E-state index < -0.39 is 0 Å². The van der Waals surface area contributed by atoms with Gasteiger partial charge in [0.2, 0.25) is 0 Å². The highest BCUT2D eigenvalue weighted by Crippen LogP contribution is 1.99. The van der Waals surface area contributed by atoms with Crippen molar-refractivity contribution >= 4 is 0 Å². The van der Waals surface area contributed by atoms with Gasteiger partial charge in [0, 0.05) is 59.0 Å². The molecule has 0 spiro atoms. The summed E-state index contributed by atoms with van der Waals surface area (Å²) in [4.78, 5) is 4.79. The standard InChI is InChI=1S/C13H29N3O2/c1-4-17-13(18-5-2)12-15(3)10-11-16-8-6-14-7-9-16/h13-14H,4-12H2,1-3H3. The molecule has 1 fully saturated rings. The van der Waals surface area contributed by atoms with Crippen LogP contribution >= 0.6 is 0 Å². The van der Waals surface area contributed by atoms with Gasteiger partial charge in [-0.25, -0.2) is 0 Å². The van der Waals surface area contributed by atoms with Gasteiger partial charge in [0.25, 0.3) is 0 Å². The number of nitrogens with one attached hydrogen (secondary N) is 1. The Morgan fingerprint density at radius 2 is 1.78 bits per heavy atom. The number of piperazine rings is 1. The Labute approximate surface area is 111 Å². The van der Waals surface area contributed by atoms with Crippen molar-refractivity contribution in [1.82, 2.24) is 15.1 Å². The summed E-state index contributed by atoms with van der Waals surface area (Å²) in [6.07, 6.45) is -0.0898. The molecule has 1 N–H and O–H groups in total. The van der Waals surface area contributed by atoms with Crippen molar-refractivity contribution in [3.8, 4) is 0 Å². The molecule has 1 aliphatic heterocycles. The maximum atomic E-state index is 5.56. The molecule has 108 valence electrons. The topological polar surface area (TPSA) is 37.0 Å². The van der Waals surface area contributed by atoms with Gasteiger partial charge in [0.15, 0.2) is 6.29 Å². The van der Waals surface area contributed by atoms with Gasteiger partial charge >= 0.3 is 0 Å². The van der Waals surface area contributed by atoms with Gasteiger partial charge in [0.1, 0.15) is 0 Å². The molecule has 1 aliphatic rings. The number of hydrogen-bond donors (Lipinski definition) is 1. The predicted molar refractivity (Wildman–Crippen MR) is 73.8 cm³/mol. The highest BCUT2D eigenvalue weighted by atomic mass is 16.7. The third-order valence-electron chi connectivity index (χ3n) is 3.17. The van der Waals surface area contributed by atoms with Crippen molar-refractivity contribution in [2.45, 2.75) is 20.1 Å². The quantitative estimate of drug-likeness (QED) is 0.600. The minimum absolute atomic E-state index is 0.0898. The zero-order chi connectivity index (χ0) is 13.2. The lowest BCUT2D eigenvalue weighted by Gasteiger charge is -2.30. The normalized spacial score (nSPS) is 17.8. The van der Waals surface area contributed by atoms with Crippen LogP contribution in [0, 0.1) is 0 Å². The Balaban J connectivity index is 2.15. The highest BCUT2D eigenvalue weighted by molar-refractivity contribution is 4.69. The van der Waals surface area contributed by atoms with Crippen LogP contribution in [-0.2, 0) is 9.47 Å². The summed E-state index contributed by atoms with van der Waals surface area (Å²) < 4.78 is 11.1. The smallest absolute Gasteiger partial charge is 0.170 e. The number of rotatable bonds is 9. The summed E-state index contributed by atoms with van der Waals surface area (Å²) in [6.45, 7) is 13.0. The largest absolute Gasteiger partial charge is 0.352 e. The molecule has 0 aromatic rings. The highest BCUT2D eigenvalue weighted by Gasteiger charge is 2.13. The summed E-state index contributed by atoms with van der Waals surface area (Å²) in [7, 11) is 2.13. The van der Waals surface area contributed by atoms with Crippen LogP contribution in [0.3, 0.4) is 0 Å². The summed E-state index contributed by atoms with van der Waals surface area (Å²) in [6, 6.07) is 0. The van der Waals surface area contributed by atoms with Crippen LogP contribution in [0.4, 0.5) is 0 Å². The van der Waals surface area contributed by atoms with Gasteiger partial charge < -0.3 is 19.7 Å². The molecular weight excluding hydrogens is 230 g/mol. The second-order valence-electron chi connectivity index (χ2n) is 4.69. The molecule has 0 radical (unpaired) electrons. The molecule has 1 saturated heterocycles. The first-order chi connectivity index (χ1) is 8.76. The molecule has 0 aromatic heterocycles. The van der Waals surface area contributed by atoms with E-state index in [9.17, 15) is 0 Å². The first-order valence-electron chi connectivity index (χ1n) is 7.11. The van der Waals surface area contributed by atoms with E-state index in [-0.39, 0.29) is 6.29 Å². The average molecular weight is 259 g/mol. The third-order valence-corrected chi connectivity index (χ3v) is 3.17. The molecule has 5 nitrogen and oxygen atoms in total. The maximum Gasteiger partial charge on any atom is 0.170 e. The molecule has 0 bridgehead atoms. The second-order valence-corrected chi connectivity index (χ2v) is 4.69. The van der Waals surface area contributed by atoms with Crippen molar-refractivity contribution < 1.29 is 9.47 Å². The molecular formula is C13H29N3O2. The number of ether oxygens (including phenoxy) is 2. The molecule has 0 aliphatic carbocycles. The summed E-state index contributed by atoms with van der Waals surface area (Å²) in [5, 5.41) is 3.37. The van der Waals surface area contributed by atoms with E-state index in [0.29, 0.717) is 13.2 Å². The van der Waals surface area contributed by atoms with Crippen LogP contribution in [0.2, 0.25) is 0 Å². The van der Waals surface area contributed by atoms with E-state index in [1.54, 1.807) is 0 Å². The lowest BCUT2D eigenvalue weighted by Crippen LogP contribution is -2.46. The van der Waals surface area contributed by atoms with Gasteiger partial charge in [-0.1, -0.05) is 0 Å². The molecule has 18 heavy (non-hydrogen) atoms. The average Bonchev–Trinajstić information content (AvgIpc) is 2.38. The molecule has 1 heterocycles. The SMILES string of the molecule is CCOC(CN(C)CCN1CCNCC1)OCC. The summed E-state index contributed by atoms with van der Waals surface area (Å²) >= 11 is 0. The number of nitrogens with zero attached hydrogens (tertiary/aromatic N) is 2. The molecule has 0 unspecified atom stereocenters. The van der Waals surface area contributed by atoms with Gasteiger partial charge in [-0.3, -0.25) is 4.90 Å². The van der Waals surface area contributed by atoms with E-state index in [1.807, 2.05) is 13.8 Å². The van der Waals surface area contributed by atoms with Crippen LogP contribution in [0.1, 0.15) is 13.8 Å². The third kappa shape index (κ3) is 6.66. The Morgan fingerprint density at radius 3 is 2.33 bits per heavy atom. The van der Waals surface area contributed by atoms with Gasteiger partial charge in [0.05, 0.1) is 0 Å². The molecule has 5 heteroatoms. The Bertz CT molecular complexity index is 193. The van der Waals surface area contributed by atoms with Crippen molar-refractivity contribution in [2.75, 3.05) is 66.1 Å². The summed E-state index contributed by atoms with van der Waals surface area (Å²) in [5.41, 5.74) is 0. The Morgan fingerprint density at radius 1 is 1.17 bits per heavy atom. The van der Waals surface area contributed by atoms with Gasteiger partial charge in [-0.2, -0.15) is 0 Å². The van der Waals surface area contributed by atoms with Crippen molar-refractivity contribution in [3.05, 3.63) is 0 Å². The van der Waals surface area contributed by atoms with E-state index in [2.05, 4.69) is 22.2 Å². The van der Waals surface area contributed by atoms with E-state index in [0.717, 1.165) is 45.8 Å². The Hall–Kier alpha value is -0.200. The van der Waals surface area contributed by atoms with Crippen molar-refractivity contribution in [1.29, 1.82) is 0 Å². The van der Waals surface area contributed by atoms with Gasteiger partial charge in [-0.15, -0.1) is 0 Å². The number of likely N-dealkylation sites (N-methyl/N-ethyl adjacent to an activating group) is 1. The fraction of sp³-hybridized carbons (Fsp3) is 1.00.